The van der Waals surface area contributed by atoms with Crippen molar-refractivity contribution in [3.8, 4) is 34.8 Å². The number of amides is 1. The summed E-state index contributed by atoms with van der Waals surface area (Å²) in [6.45, 7) is 3.91. The lowest BCUT2D eigenvalue weighted by Crippen LogP contribution is -2.14. The third-order valence-corrected chi connectivity index (χ3v) is 5.39. The van der Waals surface area contributed by atoms with Gasteiger partial charge in [0.25, 0.3) is 5.91 Å². The number of nitrogens with one attached hydrogen (secondary N) is 1. The van der Waals surface area contributed by atoms with Gasteiger partial charge in [0.05, 0.1) is 28.4 Å². The number of anilines is 1. The summed E-state index contributed by atoms with van der Waals surface area (Å²) in [7, 11) is 6.10. The molecular formula is C26H27N3O5. The molecule has 0 fully saturated rings. The van der Waals surface area contributed by atoms with E-state index in [-0.39, 0.29) is 5.57 Å². The smallest absolute Gasteiger partial charge is 0.266 e. The molecule has 0 unspecified atom stereocenters. The van der Waals surface area contributed by atoms with Crippen molar-refractivity contribution in [2.24, 2.45) is 0 Å². The Hall–Kier alpha value is -4.38. The number of methoxy groups -OCH3 is 4. The number of hydrogen-bond acceptors (Lipinski definition) is 6. The van der Waals surface area contributed by atoms with Crippen molar-refractivity contribution < 1.29 is 23.7 Å². The molecule has 0 saturated heterocycles. The Bertz CT molecular complexity index is 1240. The number of ether oxygens (including phenoxy) is 4. The Labute approximate surface area is 198 Å². The van der Waals surface area contributed by atoms with Crippen molar-refractivity contribution in [2.75, 3.05) is 33.8 Å². The van der Waals surface area contributed by atoms with E-state index in [1.54, 1.807) is 25.3 Å². The zero-order valence-electron chi connectivity index (χ0n) is 20.1. The number of aromatic nitrogens is 1. The molecule has 8 heteroatoms. The molecule has 1 amide bonds. The van der Waals surface area contributed by atoms with Crippen LogP contribution >= 0.6 is 0 Å². The highest BCUT2D eigenvalue weighted by Crippen LogP contribution is 2.40. The minimum atomic E-state index is -0.550. The third-order valence-electron chi connectivity index (χ3n) is 5.39. The van der Waals surface area contributed by atoms with Gasteiger partial charge in [-0.05, 0) is 55.8 Å². The molecule has 176 valence electrons. The summed E-state index contributed by atoms with van der Waals surface area (Å²) in [6, 6.07) is 14.8. The van der Waals surface area contributed by atoms with E-state index >= 15 is 0 Å². The summed E-state index contributed by atoms with van der Waals surface area (Å²) < 4.78 is 23.2. The summed E-state index contributed by atoms with van der Waals surface area (Å²) >= 11 is 0. The van der Waals surface area contributed by atoms with Crippen LogP contribution in [-0.2, 0) is 4.79 Å². The molecule has 34 heavy (non-hydrogen) atoms. The summed E-state index contributed by atoms with van der Waals surface area (Å²) in [5.41, 5.74) is 3.96. The number of carbonyl (C=O) groups is 1. The Kier molecular flexibility index (Phi) is 7.49. The van der Waals surface area contributed by atoms with Crippen molar-refractivity contribution in [3.63, 3.8) is 0 Å². The second kappa shape index (κ2) is 10.5. The Balaban J connectivity index is 1.92. The summed E-state index contributed by atoms with van der Waals surface area (Å²) in [5.74, 6) is 1.41. The average molecular weight is 462 g/mol. The Morgan fingerprint density at radius 3 is 2.06 bits per heavy atom. The molecule has 0 aliphatic carbocycles. The van der Waals surface area contributed by atoms with Crippen LogP contribution in [0.4, 0.5) is 5.69 Å². The van der Waals surface area contributed by atoms with E-state index in [4.69, 9.17) is 18.9 Å². The molecule has 3 rings (SSSR count). The Morgan fingerprint density at radius 1 is 0.941 bits per heavy atom. The van der Waals surface area contributed by atoms with Gasteiger partial charge in [-0.2, -0.15) is 5.26 Å². The molecule has 1 heterocycles. The van der Waals surface area contributed by atoms with E-state index in [2.05, 4.69) is 9.88 Å². The normalized spacial score (nSPS) is 10.9. The minimum Gasteiger partial charge on any atom is -0.497 e. The number of nitriles is 1. The molecule has 0 aliphatic rings. The number of hydrogen-bond donors (Lipinski definition) is 1. The maximum atomic E-state index is 12.9. The molecule has 0 saturated carbocycles. The first-order valence-electron chi connectivity index (χ1n) is 10.4. The minimum absolute atomic E-state index is 0.0382. The van der Waals surface area contributed by atoms with Crippen molar-refractivity contribution >= 4 is 17.7 Å². The lowest BCUT2D eigenvalue weighted by atomic mass is 10.1. The second-order valence-electron chi connectivity index (χ2n) is 7.40. The predicted molar refractivity (Wildman–Crippen MR) is 130 cm³/mol. The molecule has 0 spiro atoms. The van der Waals surface area contributed by atoms with Crippen LogP contribution in [0.3, 0.4) is 0 Å². The highest BCUT2D eigenvalue weighted by molar-refractivity contribution is 6.10. The molecule has 8 nitrogen and oxygen atoms in total. The van der Waals surface area contributed by atoms with Gasteiger partial charge in [0.15, 0.2) is 11.5 Å². The fourth-order valence-electron chi connectivity index (χ4n) is 3.72. The molecule has 0 aliphatic heterocycles. The molecule has 2 aromatic carbocycles. The van der Waals surface area contributed by atoms with Crippen LogP contribution in [-0.4, -0.2) is 38.9 Å². The monoisotopic (exact) mass is 461 g/mol. The highest BCUT2D eigenvalue weighted by atomic mass is 16.5. The van der Waals surface area contributed by atoms with Crippen LogP contribution in [0.2, 0.25) is 0 Å². The van der Waals surface area contributed by atoms with Gasteiger partial charge >= 0.3 is 0 Å². The van der Waals surface area contributed by atoms with E-state index in [9.17, 15) is 10.1 Å². The van der Waals surface area contributed by atoms with Crippen LogP contribution < -0.4 is 24.3 Å². The van der Waals surface area contributed by atoms with Gasteiger partial charge in [0.1, 0.15) is 17.4 Å². The molecule has 0 atom stereocenters. The quantitative estimate of drug-likeness (QED) is 0.387. The fraction of sp³-hybridized carbons (Fsp3) is 0.231. The first kappa shape index (κ1) is 24.3. The van der Waals surface area contributed by atoms with Gasteiger partial charge in [-0.1, -0.05) is 0 Å². The zero-order chi connectivity index (χ0) is 24.8. The van der Waals surface area contributed by atoms with Crippen molar-refractivity contribution in [2.45, 2.75) is 13.8 Å². The maximum Gasteiger partial charge on any atom is 0.266 e. The van der Waals surface area contributed by atoms with Gasteiger partial charge in [-0.3, -0.25) is 4.79 Å². The summed E-state index contributed by atoms with van der Waals surface area (Å²) in [4.78, 5) is 12.9. The van der Waals surface area contributed by atoms with E-state index in [0.717, 1.165) is 28.4 Å². The highest BCUT2D eigenvalue weighted by Gasteiger charge is 2.17. The number of carbonyl (C=O) groups excluding carboxylic acids is 1. The number of rotatable bonds is 8. The van der Waals surface area contributed by atoms with Crippen molar-refractivity contribution in [1.29, 1.82) is 5.26 Å². The molecule has 0 bridgehead atoms. The lowest BCUT2D eigenvalue weighted by molar-refractivity contribution is -0.112. The van der Waals surface area contributed by atoms with Crippen molar-refractivity contribution in [1.82, 2.24) is 4.57 Å². The molecule has 3 aromatic rings. The van der Waals surface area contributed by atoms with E-state index < -0.39 is 5.91 Å². The van der Waals surface area contributed by atoms with Crippen LogP contribution in [0, 0.1) is 25.2 Å². The first-order chi connectivity index (χ1) is 16.4. The average Bonchev–Trinajstić information content (AvgIpc) is 3.13. The van der Waals surface area contributed by atoms with Gasteiger partial charge in [-0.25, -0.2) is 0 Å². The second-order valence-corrected chi connectivity index (χ2v) is 7.40. The molecule has 1 aromatic heterocycles. The van der Waals surface area contributed by atoms with E-state index in [1.807, 2.05) is 50.2 Å². The standard InChI is InChI=1S/C26H27N3O5/c1-16-11-18(17(2)29(16)21-7-9-22(31-3)10-8-21)12-19(15-27)26(30)28-20-13-23(32-4)25(34-6)24(14-20)33-5/h7-14H,1-6H3,(H,28,30)/b19-12+. The summed E-state index contributed by atoms with van der Waals surface area (Å²) in [5, 5.41) is 12.4. The van der Waals surface area contributed by atoms with Crippen molar-refractivity contribution in [3.05, 3.63) is 65.0 Å². The number of nitrogens with zero attached hydrogens (tertiary/aromatic N) is 2. The summed E-state index contributed by atoms with van der Waals surface area (Å²) in [6.07, 6.45) is 1.58. The fourth-order valence-corrected chi connectivity index (χ4v) is 3.72. The maximum absolute atomic E-state index is 12.9. The van der Waals surface area contributed by atoms with Gasteiger partial charge in [-0.15, -0.1) is 0 Å². The first-order valence-corrected chi connectivity index (χ1v) is 10.4. The lowest BCUT2D eigenvalue weighted by Gasteiger charge is -2.14. The predicted octanol–water partition coefficient (Wildman–Crippen LogP) is 4.67. The molecule has 0 radical (unpaired) electrons. The van der Waals surface area contributed by atoms with Crippen LogP contribution in [0.15, 0.2) is 48.0 Å². The van der Waals surface area contributed by atoms with Gasteiger partial charge in [0, 0.05) is 34.9 Å². The van der Waals surface area contributed by atoms with Gasteiger partial charge < -0.3 is 28.8 Å². The Morgan fingerprint density at radius 2 is 1.56 bits per heavy atom. The largest absolute Gasteiger partial charge is 0.497 e. The topological polar surface area (TPSA) is 94.7 Å². The van der Waals surface area contributed by atoms with Gasteiger partial charge in [0.2, 0.25) is 5.75 Å². The molecular weight excluding hydrogens is 434 g/mol. The van der Waals surface area contributed by atoms with Crippen LogP contribution in [0.1, 0.15) is 17.0 Å². The zero-order valence-corrected chi connectivity index (χ0v) is 20.1. The molecule has 1 N–H and O–H groups in total. The van der Waals surface area contributed by atoms with E-state index in [0.29, 0.717) is 22.9 Å². The number of aryl methyl sites for hydroxylation is 1. The van der Waals surface area contributed by atoms with Crippen LogP contribution in [0.25, 0.3) is 11.8 Å². The van der Waals surface area contributed by atoms with Crippen LogP contribution in [0.5, 0.6) is 23.0 Å². The third kappa shape index (κ3) is 4.84. The number of benzene rings is 2. The van der Waals surface area contributed by atoms with E-state index in [1.165, 1.54) is 21.3 Å². The SMILES string of the molecule is COc1ccc(-n2c(C)cc(/C=C(\C#N)C(=O)Nc3cc(OC)c(OC)c(OC)c3)c2C)cc1.